The van der Waals surface area contributed by atoms with Gasteiger partial charge in [0, 0.05) is 15.3 Å². The summed E-state index contributed by atoms with van der Waals surface area (Å²) in [4.78, 5) is 3.89. The van der Waals surface area contributed by atoms with Crippen LogP contribution >= 0.6 is 45.8 Å². The van der Waals surface area contributed by atoms with Crippen molar-refractivity contribution in [2.24, 2.45) is 0 Å². The van der Waals surface area contributed by atoms with Crippen molar-refractivity contribution in [2.45, 2.75) is 5.88 Å². The van der Waals surface area contributed by atoms with Gasteiger partial charge >= 0.3 is 0 Å². The average molecular weight is 288 g/mol. The third-order valence-corrected chi connectivity index (χ3v) is 2.68. The highest BCUT2D eigenvalue weighted by Crippen LogP contribution is 2.20. The van der Waals surface area contributed by atoms with Crippen molar-refractivity contribution in [1.82, 2.24) is 4.98 Å². The topological polar surface area (TPSA) is 12.9 Å². The van der Waals surface area contributed by atoms with E-state index in [1.807, 2.05) is 6.07 Å². The van der Waals surface area contributed by atoms with E-state index in [4.69, 9.17) is 23.2 Å². The first-order valence-electron chi connectivity index (χ1n) is 2.60. The predicted molar refractivity (Wildman–Crippen MR) is 51.5 cm³/mol. The Hall–Kier alpha value is 0.460. The van der Waals surface area contributed by atoms with E-state index < -0.39 is 0 Å². The fraction of sp³-hybridized carbons (Fsp3) is 0.167. The molecule has 0 aliphatic rings. The average Bonchev–Trinajstić information content (AvgIpc) is 1.88. The fourth-order valence-electron chi connectivity index (χ4n) is 0.564. The number of alkyl halides is 1. The molecule has 0 radical (unpaired) electrons. The standard InChI is InChI=1S/C6H4Cl2IN/c7-3-4-5(9)1-2-10-6(4)8/h1-2H,3H2. The van der Waals surface area contributed by atoms with Gasteiger partial charge in [0.15, 0.2) is 0 Å². The molecule has 54 valence electrons. The second-order valence-electron chi connectivity index (χ2n) is 1.70. The van der Waals surface area contributed by atoms with Crippen LogP contribution in [0.3, 0.4) is 0 Å². The maximum Gasteiger partial charge on any atom is 0.134 e. The Kier molecular flexibility index (Phi) is 3.20. The molecule has 0 aromatic carbocycles. The highest BCUT2D eigenvalue weighted by atomic mass is 127. The van der Waals surface area contributed by atoms with E-state index in [1.54, 1.807) is 6.20 Å². The summed E-state index contributed by atoms with van der Waals surface area (Å²) < 4.78 is 1.06. The minimum atomic E-state index is 0.422. The molecule has 0 bridgehead atoms. The normalized spacial score (nSPS) is 9.90. The van der Waals surface area contributed by atoms with Crippen molar-refractivity contribution in [1.29, 1.82) is 0 Å². The van der Waals surface area contributed by atoms with Gasteiger partial charge in [-0.15, -0.1) is 11.6 Å². The minimum absolute atomic E-state index is 0.422. The third-order valence-electron chi connectivity index (χ3n) is 1.08. The van der Waals surface area contributed by atoms with E-state index in [1.165, 1.54) is 0 Å². The van der Waals surface area contributed by atoms with Crippen LogP contribution in [0.5, 0.6) is 0 Å². The lowest BCUT2D eigenvalue weighted by Crippen LogP contribution is -1.87. The number of hydrogen-bond donors (Lipinski definition) is 0. The van der Waals surface area contributed by atoms with Gasteiger partial charge in [0.25, 0.3) is 0 Å². The van der Waals surface area contributed by atoms with Gasteiger partial charge < -0.3 is 0 Å². The minimum Gasteiger partial charge on any atom is -0.244 e. The Morgan fingerprint density at radius 2 is 2.30 bits per heavy atom. The number of halogens is 3. The molecule has 4 heteroatoms. The van der Waals surface area contributed by atoms with E-state index in [0.717, 1.165) is 9.13 Å². The number of nitrogens with zero attached hydrogens (tertiary/aromatic N) is 1. The Morgan fingerprint density at radius 1 is 1.60 bits per heavy atom. The molecule has 1 rings (SSSR count). The monoisotopic (exact) mass is 287 g/mol. The second kappa shape index (κ2) is 3.74. The molecule has 0 saturated carbocycles. The molecule has 0 amide bonds. The lowest BCUT2D eigenvalue weighted by Gasteiger charge is -1.99. The maximum atomic E-state index is 5.73. The van der Waals surface area contributed by atoms with Gasteiger partial charge in [-0.2, -0.15) is 0 Å². The van der Waals surface area contributed by atoms with Gasteiger partial charge in [-0.3, -0.25) is 0 Å². The van der Waals surface area contributed by atoms with E-state index in [9.17, 15) is 0 Å². The van der Waals surface area contributed by atoms with Crippen molar-refractivity contribution in [3.8, 4) is 0 Å². The number of hydrogen-bond acceptors (Lipinski definition) is 1. The van der Waals surface area contributed by atoms with Crippen LogP contribution in [-0.4, -0.2) is 4.98 Å². The van der Waals surface area contributed by atoms with E-state index in [-0.39, 0.29) is 0 Å². The lowest BCUT2D eigenvalue weighted by atomic mass is 10.3. The molecule has 0 aliphatic heterocycles. The van der Waals surface area contributed by atoms with Gasteiger partial charge in [-0.05, 0) is 28.7 Å². The van der Waals surface area contributed by atoms with Crippen molar-refractivity contribution in [2.75, 3.05) is 0 Å². The van der Waals surface area contributed by atoms with Crippen LogP contribution in [-0.2, 0) is 5.88 Å². The quantitative estimate of drug-likeness (QED) is 0.439. The van der Waals surface area contributed by atoms with Crippen LogP contribution in [0.2, 0.25) is 5.15 Å². The number of pyridine rings is 1. The highest BCUT2D eigenvalue weighted by Gasteiger charge is 2.02. The molecule has 1 heterocycles. The second-order valence-corrected chi connectivity index (χ2v) is 3.48. The summed E-state index contributed by atoms with van der Waals surface area (Å²) in [5.41, 5.74) is 0.909. The zero-order chi connectivity index (χ0) is 7.56. The third kappa shape index (κ3) is 1.74. The molecular formula is C6H4Cl2IN. The predicted octanol–water partition coefficient (Wildman–Crippen LogP) is 3.08. The molecule has 0 fully saturated rings. The summed E-state index contributed by atoms with van der Waals surface area (Å²) in [6, 6.07) is 1.88. The SMILES string of the molecule is ClCc1c(I)ccnc1Cl. The first kappa shape index (κ1) is 8.56. The molecule has 0 aliphatic carbocycles. The van der Waals surface area contributed by atoms with E-state index >= 15 is 0 Å². The van der Waals surface area contributed by atoms with Crippen LogP contribution in [0.15, 0.2) is 12.3 Å². The van der Waals surface area contributed by atoms with Crippen LogP contribution in [0.4, 0.5) is 0 Å². The zero-order valence-electron chi connectivity index (χ0n) is 4.94. The van der Waals surface area contributed by atoms with Crippen LogP contribution in [0.25, 0.3) is 0 Å². The molecule has 0 spiro atoms. The summed E-state index contributed by atoms with van der Waals surface area (Å²) in [5.74, 6) is 0.422. The van der Waals surface area contributed by atoms with Crippen LogP contribution in [0, 0.1) is 3.57 Å². The molecule has 10 heavy (non-hydrogen) atoms. The zero-order valence-corrected chi connectivity index (χ0v) is 8.61. The molecule has 0 N–H and O–H groups in total. The lowest BCUT2D eigenvalue weighted by molar-refractivity contribution is 1.23. The van der Waals surface area contributed by atoms with Gasteiger partial charge in [0.2, 0.25) is 0 Å². The molecule has 1 nitrogen and oxygen atoms in total. The number of aromatic nitrogens is 1. The molecule has 1 aromatic heterocycles. The van der Waals surface area contributed by atoms with Crippen molar-refractivity contribution >= 4 is 45.8 Å². The summed E-state index contributed by atoms with van der Waals surface area (Å²) in [5, 5.41) is 0.502. The first-order valence-corrected chi connectivity index (χ1v) is 4.59. The number of rotatable bonds is 1. The Morgan fingerprint density at radius 3 is 2.70 bits per heavy atom. The summed E-state index contributed by atoms with van der Waals surface area (Å²) in [6.07, 6.45) is 1.67. The Labute approximate surface area is 82.9 Å². The summed E-state index contributed by atoms with van der Waals surface area (Å²) in [6.45, 7) is 0. The maximum absolute atomic E-state index is 5.73. The van der Waals surface area contributed by atoms with Gasteiger partial charge in [-0.1, -0.05) is 11.6 Å². The molecule has 0 unspecified atom stereocenters. The first-order chi connectivity index (χ1) is 4.75. The highest BCUT2D eigenvalue weighted by molar-refractivity contribution is 14.1. The molecular weight excluding hydrogens is 284 g/mol. The summed E-state index contributed by atoms with van der Waals surface area (Å²) >= 11 is 13.5. The van der Waals surface area contributed by atoms with Crippen molar-refractivity contribution in [3.63, 3.8) is 0 Å². The van der Waals surface area contributed by atoms with Crippen LogP contribution in [0.1, 0.15) is 5.56 Å². The summed E-state index contributed by atoms with van der Waals surface area (Å²) in [7, 11) is 0. The van der Waals surface area contributed by atoms with Gasteiger partial charge in [0.1, 0.15) is 5.15 Å². The van der Waals surface area contributed by atoms with Crippen LogP contribution < -0.4 is 0 Å². The van der Waals surface area contributed by atoms with Crippen molar-refractivity contribution < 1.29 is 0 Å². The van der Waals surface area contributed by atoms with Crippen molar-refractivity contribution in [3.05, 3.63) is 26.5 Å². The molecule has 1 aromatic rings. The van der Waals surface area contributed by atoms with Gasteiger partial charge in [0.05, 0.1) is 5.88 Å². The van der Waals surface area contributed by atoms with Gasteiger partial charge in [-0.25, -0.2) is 4.98 Å². The molecule has 0 atom stereocenters. The molecule has 0 saturated heterocycles. The fourth-order valence-corrected chi connectivity index (χ4v) is 2.12. The van der Waals surface area contributed by atoms with E-state index in [0.29, 0.717) is 11.0 Å². The smallest absolute Gasteiger partial charge is 0.134 e. The van der Waals surface area contributed by atoms with E-state index in [2.05, 4.69) is 27.6 Å². The Bertz CT molecular complexity index is 219. The Balaban J connectivity index is 3.17. The largest absolute Gasteiger partial charge is 0.244 e.